The molecule has 1 amide bonds. The molecule has 1 aliphatic heterocycles. The van der Waals surface area contributed by atoms with Gasteiger partial charge in [-0.15, -0.1) is 0 Å². The van der Waals surface area contributed by atoms with Gasteiger partial charge in [0.05, 0.1) is 16.5 Å². The lowest BCUT2D eigenvalue weighted by Gasteiger charge is -2.34. The number of likely N-dealkylation sites (tertiary alicyclic amines) is 1. The van der Waals surface area contributed by atoms with E-state index < -0.39 is 11.9 Å². The molecular formula is C18H20ClN3O3. The Morgan fingerprint density at radius 3 is 2.68 bits per heavy atom. The summed E-state index contributed by atoms with van der Waals surface area (Å²) < 4.78 is 1.60. The SMILES string of the molecule is CC1CN(C(=O)c2cn(C)nc2-c2ccccc2Cl)CCC1C(=O)O. The number of nitrogens with zero attached hydrogens (tertiary/aromatic N) is 3. The number of halogens is 1. The van der Waals surface area contributed by atoms with Crippen LogP contribution >= 0.6 is 11.6 Å². The maximum atomic E-state index is 13.0. The van der Waals surface area contributed by atoms with Gasteiger partial charge in [0.15, 0.2) is 0 Å². The third-order valence-electron chi connectivity index (χ3n) is 4.70. The van der Waals surface area contributed by atoms with Gasteiger partial charge in [-0.1, -0.05) is 36.7 Å². The molecule has 3 rings (SSSR count). The number of carbonyl (C=O) groups is 2. The summed E-state index contributed by atoms with van der Waals surface area (Å²) in [6, 6.07) is 7.28. The van der Waals surface area contributed by atoms with Gasteiger partial charge in [-0.3, -0.25) is 14.3 Å². The molecule has 132 valence electrons. The number of amides is 1. The molecule has 2 unspecified atom stereocenters. The molecular weight excluding hydrogens is 342 g/mol. The van der Waals surface area contributed by atoms with Crippen LogP contribution in [-0.4, -0.2) is 44.8 Å². The molecule has 7 heteroatoms. The fourth-order valence-corrected chi connectivity index (χ4v) is 3.59. The number of rotatable bonds is 3. The molecule has 1 saturated heterocycles. The van der Waals surface area contributed by atoms with Gasteiger partial charge in [-0.2, -0.15) is 5.10 Å². The van der Waals surface area contributed by atoms with Gasteiger partial charge in [0, 0.05) is 31.9 Å². The number of carbonyl (C=O) groups excluding carboxylic acids is 1. The molecule has 0 saturated carbocycles. The first-order valence-electron chi connectivity index (χ1n) is 8.19. The van der Waals surface area contributed by atoms with Gasteiger partial charge in [-0.05, 0) is 18.4 Å². The van der Waals surface area contributed by atoms with Crippen molar-refractivity contribution in [1.82, 2.24) is 14.7 Å². The lowest BCUT2D eigenvalue weighted by Crippen LogP contribution is -2.45. The van der Waals surface area contributed by atoms with Crippen molar-refractivity contribution in [2.24, 2.45) is 18.9 Å². The van der Waals surface area contributed by atoms with Crippen LogP contribution in [0, 0.1) is 11.8 Å². The third-order valence-corrected chi connectivity index (χ3v) is 5.03. The molecule has 2 aromatic rings. The minimum atomic E-state index is -0.794. The Kier molecular flexibility index (Phi) is 4.81. The van der Waals surface area contributed by atoms with Crippen LogP contribution < -0.4 is 0 Å². The van der Waals surface area contributed by atoms with E-state index in [9.17, 15) is 14.7 Å². The number of piperidine rings is 1. The smallest absolute Gasteiger partial charge is 0.306 e. The van der Waals surface area contributed by atoms with Crippen molar-refractivity contribution < 1.29 is 14.7 Å². The Morgan fingerprint density at radius 1 is 1.32 bits per heavy atom. The highest BCUT2D eigenvalue weighted by Gasteiger charge is 2.34. The van der Waals surface area contributed by atoms with Crippen LogP contribution in [-0.2, 0) is 11.8 Å². The van der Waals surface area contributed by atoms with Crippen molar-refractivity contribution in [3.8, 4) is 11.3 Å². The van der Waals surface area contributed by atoms with Crippen molar-refractivity contribution in [2.75, 3.05) is 13.1 Å². The Balaban J connectivity index is 1.89. The Bertz CT molecular complexity index is 818. The van der Waals surface area contributed by atoms with Crippen LogP contribution in [0.4, 0.5) is 0 Å². The van der Waals surface area contributed by atoms with Gasteiger partial charge in [0.1, 0.15) is 5.69 Å². The van der Waals surface area contributed by atoms with Crippen LogP contribution in [0.15, 0.2) is 30.5 Å². The van der Waals surface area contributed by atoms with E-state index in [1.54, 1.807) is 28.9 Å². The maximum Gasteiger partial charge on any atom is 0.306 e. The van der Waals surface area contributed by atoms with Crippen LogP contribution in [0.3, 0.4) is 0 Å². The zero-order valence-corrected chi connectivity index (χ0v) is 14.9. The molecule has 1 aliphatic rings. The molecule has 0 radical (unpaired) electrons. The zero-order chi connectivity index (χ0) is 18.1. The van der Waals surface area contributed by atoms with Gasteiger partial charge in [0.2, 0.25) is 0 Å². The summed E-state index contributed by atoms with van der Waals surface area (Å²) in [5.41, 5.74) is 1.74. The lowest BCUT2D eigenvalue weighted by molar-refractivity contribution is -0.145. The molecule has 0 spiro atoms. The molecule has 2 heterocycles. The quantitative estimate of drug-likeness (QED) is 0.912. The second kappa shape index (κ2) is 6.88. The predicted molar refractivity (Wildman–Crippen MR) is 94.5 cm³/mol. The summed E-state index contributed by atoms with van der Waals surface area (Å²) in [6.07, 6.45) is 2.15. The maximum absolute atomic E-state index is 13.0. The molecule has 1 N–H and O–H groups in total. The number of hydrogen-bond donors (Lipinski definition) is 1. The van der Waals surface area contributed by atoms with Crippen molar-refractivity contribution in [3.05, 3.63) is 41.0 Å². The largest absolute Gasteiger partial charge is 0.481 e. The van der Waals surface area contributed by atoms with E-state index in [0.717, 1.165) is 0 Å². The number of carboxylic acid groups (broad SMARTS) is 1. The molecule has 25 heavy (non-hydrogen) atoms. The van der Waals surface area contributed by atoms with Crippen molar-refractivity contribution >= 4 is 23.5 Å². The first-order chi connectivity index (χ1) is 11.9. The van der Waals surface area contributed by atoms with Crippen LogP contribution in [0.25, 0.3) is 11.3 Å². The molecule has 1 aromatic heterocycles. The molecule has 0 aliphatic carbocycles. The predicted octanol–water partition coefficient (Wildman–Crippen LogP) is 2.92. The molecule has 1 fully saturated rings. The lowest BCUT2D eigenvalue weighted by atomic mass is 9.87. The van der Waals surface area contributed by atoms with Gasteiger partial charge in [0.25, 0.3) is 5.91 Å². The Hall–Kier alpha value is -2.34. The average Bonchev–Trinajstić information content (AvgIpc) is 2.95. The molecule has 0 bridgehead atoms. The zero-order valence-electron chi connectivity index (χ0n) is 14.1. The fraction of sp³-hybridized carbons (Fsp3) is 0.389. The number of hydrogen-bond acceptors (Lipinski definition) is 3. The second-order valence-corrected chi connectivity index (χ2v) is 6.91. The van der Waals surface area contributed by atoms with E-state index in [2.05, 4.69) is 5.10 Å². The summed E-state index contributed by atoms with van der Waals surface area (Å²) in [4.78, 5) is 26.0. The molecule has 1 aromatic carbocycles. The van der Waals surface area contributed by atoms with Crippen molar-refractivity contribution in [3.63, 3.8) is 0 Å². The van der Waals surface area contributed by atoms with E-state index in [0.29, 0.717) is 41.4 Å². The van der Waals surface area contributed by atoms with E-state index >= 15 is 0 Å². The summed E-state index contributed by atoms with van der Waals surface area (Å²) in [5.74, 6) is -1.42. The third kappa shape index (κ3) is 3.39. The highest BCUT2D eigenvalue weighted by atomic mass is 35.5. The number of benzene rings is 1. The highest BCUT2D eigenvalue weighted by Crippen LogP contribution is 2.31. The van der Waals surface area contributed by atoms with Crippen molar-refractivity contribution in [2.45, 2.75) is 13.3 Å². The minimum Gasteiger partial charge on any atom is -0.481 e. The summed E-state index contributed by atoms with van der Waals surface area (Å²) in [6.45, 7) is 2.72. The number of aliphatic carboxylic acids is 1. The van der Waals surface area contributed by atoms with Crippen LogP contribution in [0.1, 0.15) is 23.7 Å². The van der Waals surface area contributed by atoms with Gasteiger partial charge < -0.3 is 10.0 Å². The Labute approximate surface area is 151 Å². The summed E-state index contributed by atoms with van der Waals surface area (Å²) in [7, 11) is 1.76. The Morgan fingerprint density at radius 2 is 2.04 bits per heavy atom. The van der Waals surface area contributed by atoms with Crippen LogP contribution in [0.5, 0.6) is 0 Å². The average molecular weight is 362 g/mol. The monoisotopic (exact) mass is 361 g/mol. The summed E-state index contributed by atoms with van der Waals surface area (Å²) in [5, 5.41) is 14.2. The van der Waals surface area contributed by atoms with Crippen molar-refractivity contribution in [1.29, 1.82) is 0 Å². The topological polar surface area (TPSA) is 75.4 Å². The van der Waals surface area contributed by atoms with Gasteiger partial charge >= 0.3 is 5.97 Å². The highest BCUT2D eigenvalue weighted by molar-refractivity contribution is 6.33. The first-order valence-corrected chi connectivity index (χ1v) is 8.57. The van der Waals surface area contributed by atoms with Gasteiger partial charge in [-0.25, -0.2) is 0 Å². The van der Waals surface area contributed by atoms with E-state index in [-0.39, 0.29) is 11.8 Å². The molecule has 2 atom stereocenters. The number of aryl methyl sites for hydroxylation is 1. The second-order valence-electron chi connectivity index (χ2n) is 6.51. The first kappa shape index (κ1) is 17.5. The fourth-order valence-electron chi connectivity index (χ4n) is 3.36. The number of carboxylic acids is 1. The standard InChI is InChI=1S/C18H20ClN3O3/c1-11-9-22(8-7-12(11)18(24)25)17(23)14-10-21(2)20-16(14)13-5-3-4-6-15(13)19/h3-6,10-12H,7-9H2,1-2H3,(H,24,25). The van der Waals surface area contributed by atoms with Crippen LogP contribution in [0.2, 0.25) is 5.02 Å². The molecule has 6 nitrogen and oxygen atoms in total. The summed E-state index contributed by atoms with van der Waals surface area (Å²) >= 11 is 6.27. The van der Waals surface area contributed by atoms with E-state index in [4.69, 9.17) is 11.6 Å². The normalized spacial score (nSPS) is 20.5. The van der Waals surface area contributed by atoms with E-state index in [1.807, 2.05) is 25.1 Å². The minimum absolute atomic E-state index is 0.0874. The van der Waals surface area contributed by atoms with E-state index in [1.165, 1.54) is 0 Å². The number of aromatic nitrogens is 2.